The maximum atomic E-state index is 8.51. The molecule has 3 heteroatoms. The van der Waals surface area contributed by atoms with Crippen molar-refractivity contribution in [2.75, 3.05) is 12.4 Å². The number of aliphatic hydroxyl groups excluding tert-OH is 1. The molecule has 0 heterocycles. The minimum Gasteiger partial charge on any atom is -0.396 e. The Morgan fingerprint density at radius 3 is 2.36 bits per heavy atom. The molecule has 0 saturated heterocycles. The van der Waals surface area contributed by atoms with E-state index in [1.807, 2.05) is 30.3 Å². The van der Waals surface area contributed by atoms with E-state index in [4.69, 9.17) is 5.11 Å². The van der Waals surface area contributed by atoms with E-state index in [0.717, 1.165) is 5.75 Å². The van der Waals surface area contributed by atoms with Crippen LogP contribution in [-0.4, -0.2) is 17.5 Å². The molecule has 0 aliphatic carbocycles. The van der Waals surface area contributed by atoms with Gasteiger partial charge in [-0.3, -0.25) is 0 Å². The van der Waals surface area contributed by atoms with Gasteiger partial charge in [-0.15, -0.1) is 11.8 Å². The zero-order chi connectivity index (χ0) is 7.23. The van der Waals surface area contributed by atoms with Gasteiger partial charge in [-0.1, -0.05) is 18.2 Å². The fourth-order valence-electron chi connectivity index (χ4n) is 0.680. The second kappa shape index (κ2) is 6.95. The maximum absolute atomic E-state index is 8.51. The van der Waals surface area contributed by atoms with Gasteiger partial charge in [-0.25, -0.2) is 0 Å². The van der Waals surface area contributed by atoms with Gasteiger partial charge in [0.2, 0.25) is 0 Å². The second-order valence-electron chi connectivity index (χ2n) is 1.89. The van der Waals surface area contributed by atoms with Crippen molar-refractivity contribution >= 4 is 11.8 Å². The Labute approximate surface area is 86.7 Å². The van der Waals surface area contributed by atoms with Gasteiger partial charge in [0, 0.05) is 33.0 Å². The molecule has 65 valence electrons. The first kappa shape index (κ1) is 11.3. The molecule has 0 atom stereocenters. The van der Waals surface area contributed by atoms with E-state index in [1.165, 1.54) is 4.90 Å². The summed E-state index contributed by atoms with van der Waals surface area (Å²) in [4.78, 5) is 1.22. The van der Waals surface area contributed by atoms with Crippen LogP contribution in [0.1, 0.15) is 0 Å². The molecular formula is C8H10AgOS. The van der Waals surface area contributed by atoms with Gasteiger partial charge >= 0.3 is 0 Å². The summed E-state index contributed by atoms with van der Waals surface area (Å²) in [6.07, 6.45) is 0. The molecule has 1 radical (unpaired) electrons. The Balaban J connectivity index is 0.000001000. The van der Waals surface area contributed by atoms with Crippen molar-refractivity contribution in [1.29, 1.82) is 0 Å². The van der Waals surface area contributed by atoms with E-state index in [-0.39, 0.29) is 29.0 Å². The number of rotatable bonds is 3. The molecule has 0 bridgehead atoms. The van der Waals surface area contributed by atoms with Crippen LogP contribution >= 0.6 is 11.8 Å². The monoisotopic (exact) mass is 261 g/mol. The van der Waals surface area contributed by atoms with Crippen LogP contribution in [-0.2, 0) is 22.4 Å². The third-order valence-electron chi connectivity index (χ3n) is 1.10. The van der Waals surface area contributed by atoms with Crippen LogP contribution in [0, 0.1) is 0 Å². The summed E-state index contributed by atoms with van der Waals surface area (Å²) in [7, 11) is 0. The topological polar surface area (TPSA) is 20.2 Å². The largest absolute Gasteiger partial charge is 0.396 e. The SMILES string of the molecule is OCCSc1ccccc1.[Ag]. The molecule has 0 amide bonds. The van der Waals surface area contributed by atoms with Crippen molar-refractivity contribution < 1.29 is 27.5 Å². The van der Waals surface area contributed by atoms with Gasteiger partial charge in [-0.05, 0) is 12.1 Å². The molecule has 0 spiro atoms. The number of hydrogen-bond donors (Lipinski definition) is 1. The first-order chi connectivity index (χ1) is 4.93. The fraction of sp³-hybridized carbons (Fsp3) is 0.250. The molecular weight excluding hydrogens is 252 g/mol. The molecule has 0 aromatic heterocycles. The molecule has 0 unspecified atom stereocenters. The quantitative estimate of drug-likeness (QED) is 0.661. The number of benzene rings is 1. The van der Waals surface area contributed by atoms with E-state index in [1.54, 1.807) is 11.8 Å². The maximum Gasteiger partial charge on any atom is 0.0525 e. The Morgan fingerprint density at radius 1 is 1.18 bits per heavy atom. The van der Waals surface area contributed by atoms with Crippen molar-refractivity contribution in [1.82, 2.24) is 0 Å². The Bertz CT molecular complexity index is 179. The van der Waals surface area contributed by atoms with E-state index in [9.17, 15) is 0 Å². The molecule has 1 aromatic carbocycles. The molecule has 1 rings (SSSR count). The van der Waals surface area contributed by atoms with E-state index < -0.39 is 0 Å². The molecule has 1 aromatic rings. The first-order valence-electron chi connectivity index (χ1n) is 3.22. The predicted octanol–water partition coefficient (Wildman–Crippen LogP) is 1.77. The van der Waals surface area contributed by atoms with E-state index in [0.29, 0.717) is 0 Å². The van der Waals surface area contributed by atoms with Gasteiger partial charge in [0.05, 0.1) is 6.61 Å². The number of aliphatic hydroxyl groups is 1. The summed E-state index contributed by atoms with van der Waals surface area (Å²) in [6, 6.07) is 10.1. The molecule has 0 aliphatic rings. The van der Waals surface area contributed by atoms with Crippen molar-refractivity contribution in [3.05, 3.63) is 30.3 Å². The summed E-state index contributed by atoms with van der Waals surface area (Å²) in [6.45, 7) is 0.250. The molecule has 11 heavy (non-hydrogen) atoms. The van der Waals surface area contributed by atoms with Crippen LogP contribution in [0.2, 0.25) is 0 Å². The van der Waals surface area contributed by atoms with Crippen LogP contribution in [0.5, 0.6) is 0 Å². The van der Waals surface area contributed by atoms with E-state index in [2.05, 4.69) is 0 Å². The summed E-state index contributed by atoms with van der Waals surface area (Å²) < 4.78 is 0. The minimum atomic E-state index is 0. The minimum absolute atomic E-state index is 0. The third-order valence-corrected chi connectivity index (χ3v) is 2.10. The molecule has 0 fully saturated rings. The van der Waals surface area contributed by atoms with Crippen LogP contribution in [0.4, 0.5) is 0 Å². The van der Waals surface area contributed by atoms with Crippen LogP contribution in [0.3, 0.4) is 0 Å². The molecule has 1 nitrogen and oxygen atoms in total. The standard InChI is InChI=1S/C8H10OS.Ag/c9-6-7-10-8-4-2-1-3-5-8;/h1-5,9H,6-7H2;. The Kier molecular flexibility index (Phi) is 7.12. The Hall–Kier alpha value is 0.270. The number of hydrogen-bond acceptors (Lipinski definition) is 2. The summed E-state index contributed by atoms with van der Waals surface area (Å²) in [5.41, 5.74) is 0. The van der Waals surface area contributed by atoms with Crippen LogP contribution in [0.25, 0.3) is 0 Å². The summed E-state index contributed by atoms with van der Waals surface area (Å²) >= 11 is 1.67. The second-order valence-corrected chi connectivity index (χ2v) is 3.05. The van der Waals surface area contributed by atoms with Crippen molar-refractivity contribution in [3.8, 4) is 0 Å². The van der Waals surface area contributed by atoms with Crippen molar-refractivity contribution in [2.24, 2.45) is 0 Å². The first-order valence-corrected chi connectivity index (χ1v) is 4.21. The average Bonchev–Trinajstić information content (AvgIpc) is 2.03. The smallest absolute Gasteiger partial charge is 0.0525 e. The normalized spacial score (nSPS) is 8.82. The van der Waals surface area contributed by atoms with Gasteiger partial charge in [0.15, 0.2) is 0 Å². The average molecular weight is 262 g/mol. The molecule has 1 N–H and O–H groups in total. The van der Waals surface area contributed by atoms with Gasteiger partial charge < -0.3 is 5.11 Å². The Morgan fingerprint density at radius 2 is 1.82 bits per heavy atom. The summed E-state index contributed by atoms with van der Waals surface area (Å²) in [5.74, 6) is 0.782. The number of thioether (sulfide) groups is 1. The van der Waals surface area contributed by atoms with Gasteiger partial charge in [0.1, 0.15) is 0 Å². The van der Waals surface area contributed by atoms with E-state index >= 15 is 0 Å². The fourth-order valence-corrected chi connectivity index (χ4v) is 1.36. The predicted molar refractivity (Wildman–Crippen MR) is 44.3 cm³/mol. The molecule has 0 saturated carbocycles. The summed E-state index contributed by atoms with van der Waals surface area (Å²) in [5, 5.41) is 8.51. The zero-order valence-electron chi connectivity index (χ0n) is 5.96. The van der Waals surface area contributed by atoms with Crippen molar-refractivity contribution in [3.63, 3.8) is 0 Å². The zero-order valence-corrected chi connectivity index (χ0v) is 8.26. The van der Waals surface area contributed by atoms with Gasteiger partial charge in [-0.2, -0.15) is 0 Å². The molecule has 0 aliphatic heterocycles. The van der Waals surface area contributed by atoms with Crippen LogP contribution < -0.4 is 0 Å². The van der Waals surface area contributed by atoms with Crippen LogP contribution in [0.15, 0.2) is 35.2 Å². The van der Waals surface area contributed by atoms with Crippen molar-refractivity contribution in [2.45, 2.75) is 4.90 Å². The third kappa shape index (κ3) is 4.67. The van der Waals surface area contributed by atoms with Gasteiger partial charge in [0.25, 0.3) is 0 Å².